The molecule has 8 aromatic rings. The van der Waals surface area contributed by atoms with E-state index in [-0.39, 0.29) is 0 Å². The number of fused-ring (bicyclic) bond motifs is 8. The van der Waals surface area contributed by atoms with Crippen molar-refractivity contribution in [1.29, 1.82) is 0 Å². The third-order valence-electron chi connectivity index (χ3n) is 8.94. The van der Waals surface area contributed by atoms with Gasteiger partial charge in [-0.25, -0.2) is 0 Å². The average Bonchev–Trinajstić information content (AvgIpc) is 3.57. The van der Waals surface area contributed by atoms with Crippen molar-refractivity contribution in [2.24, 2.45) is 0 Å². The van der Waals surface area contributed by atoms with Gasteiger partial charge in [-0.15, -0.1) is 0 Å². The molecule has 0 aliphatic heterocycles. The van der Waals surface area contributed by atoms with Crippen LogP contribution in [0.4, 0.5) is 0 Å². The first-order valence-electron chi connectivity index (χ1n) is 13.6. The third kappa shape index (κ3) is 2.92. The number of nitrogens with one attached hydrogen (secondary N) is 2. The number of aryl methyl sites for hydroxylation is 4. The third-order valence-corrected chi connectivity index (χ3v) is 8.94. The molecule has 40 heavy (non-hydrogen) atoms. The van der Waals surface area contributed by atoms with Crippen LogP contribution in [0.3, 0.4) is 0 Å². The highest BCUT2D eigenvalue weighted by molar-refractivity contribution is 6.20. The first-order valence-corrected chi connectivity index (χ1v) is 13.6. The van der Waals surface area contributed by atoms with Gasteiger partial charge in [0, 0.05) is 67.5 Å². The molecule has 0 amide bonds. The summed E-state index contributed by atoms with van der Waals surface area (Å²) in [6.45, 7) is 8.82. The molecule has 0 bridgehead atoms. The summed E-state index contributed by atoms with van der Waals surface area (Å²) in [4.78, 5) is 16.8. The number of nitrogens with zero attached hydrogens (tertiary/aromatic N) is 2. The van der Waals surface area contributed by atoms with Crippen molar-refractivity contribution in [1.82, 2.24) is 19.9 Å². The van der Waals surface area contributed by atoms with E-state index in [2.05, 4.69) is 85.1 Å². The molecular weight excluding hydrogens is 492 g/mol. The van der Waals surface area contributed by atoms with E-state index in [1.165, 1.54) is 76.4 Å². The van der Waals surface area contributed by atoms with Crippen molar-refractivity contribution in [3.8, 4) is 17.0 Å². The topological polar surface area (TPSA) is 66.6 Å². The van der Waals surface area contributed by atoms with E-state index in [1.807, 2.05) is 24.7 Å². The van der Waals surface area contributed by atoms with E-state index in [0.717, 1.165) is 28.0 Å². The zero-order valence-corrected chi connectivity index (χ0v) is 23.2. The summed E-state index contributed by atoms with van der Waals surface area (Å²) in [5, 5.41) is 9.73. The van der Waals surface area contributed by atoms with Crippen molar-refractivity contribution in [2.75, 3.05) is 7.11 Å². The molecular formula is C35H28N4O. The fraction of sp³-hybridized carbons (Fsp3) is 0.143. The number of methoxy groups -OCH3 is 1. The van der Waals surface area contributed by atoms with Gasteiger partial charge < -0.3 is 14.7 Å². The van der Waals surface area contributed by atoms with E-state index in [4.69, 9.17) is 9.72 Å². The molecule has 2 N–H and O–H groups in total. The smallest absolute Gasteiger partial charge is 0.119 e. The van der Waals surface area contributed by atoms with Crippen LogP contribution >= 0.6 is 0 Å². The lowest BCUT2D eigenvalue weighted by atomic mass is 9.92. The lowest BCUT2D eigenvalue weighted by Crippen LogP contribution is -1.93. The fourth-order valence-electron chi connectivity index (χ4n) is 6.90. The SMILES string of the molecule is COc1ccc2[nH]c3c(C)c4ccnc(-c5ccc6[nH]c7c(C)c8ccncc8c(C)c7c6c5)c4c(C)c3c2c1. The van der Waals surface area contributed by atoms with Gasteiger partial charge in [-0.1, -0.05) is 6.07 Å². The van der Waals surface area contributed by atoms with Crippen molar-refractivity contribution >= 4 is 65.2 Å². The maximum absolute atomic E-state index is 5.57. The number of aromatic nitrogens is 4. The van der Waals surface area contributed by atoms with Gasteiger partial charge in [-0.3, -0.25) is 9.97 Å². The molecule has 0 aliphatic carbocycles. The van der Waals surface area contributed by atoms with Crippen LogP contribution in [0.2, 0.25) is 0 Å². The Hall–Kier alpha value is -4.90. The first kappa shape index (κ1) is 23.0. The highest BCUT2D eigenvalue weighted by atomic mass is 16.5. The maximum Gasteiger partial charge on any atom is 0.119 e. The molecule has 4 aromatic heterocycles. The van der Waals surface area contributed by atoms with Crippen LogP contribution in [0.15, 0.2) is 67.1 Å². The predicted octanol–water partition coefficient (Wildman–Crippen LogP) is 8.96. The lowest BCUT2D eigenvalue weighted by molar-refractivity contribution is 0.415. The second-order valence-corrected chi connectivity index (χ2v) is 10.9. The summed E-state index contributed by atoms with van der Waals surface area (Å²) < 4.78 is 5.57. The van der Waals surface area contributed by atoms with Crippen LogP contribution in [0.25, 0.3) is 76.4 Å². The highest BCUT2D eigenvalue weighted by Gasteiger charge is 2.20. The van der Waals surface area contributed by atoms with Gasteiger partial charge in [0.2, 0.25) is 0 Å². The minimum absolute atomic E-state index is 0.857. The molecule has 0 aliphatic rings. The summed E-state index contributed by atoms with van der Waals surface area (Å²) in [5.74, 6) is 0.857. The van der Waals surface area contributed by atoms with E-state index >= 15 is 0 Å². The minimum Gasteiger partial charge on any atom is -0.497 e. The van der Waals surface area contributed by atoms with E-state index in [0.29, 0.717) is 0 Å². The largest absolute Gasteiger partial charge is 0.497 e. The molecule has 5 heteroatoms. The van der Waals surface area contributed by atoms with Gasteiger partial charge in [0.1, 0.15) is 5.75 Å². The normalized spacial score (nSPS) is 12.1. The van der Waals surface area contributed by atoms with Crippen molar-refractivity contribution in [3.63, 3.8) is 0 Å². The van der Waals surface area contributed by atoms with E-state index in [9.17, 15) is 0 Å². The summed E-state index contributed by atoms with van der Waals surface area (Å²) >= 11 is 0. The number of ether oxygens (including phenoxy) is 1. The van der Waals surface area contributed by atoms with Crippen molar-refractivity contribution in [2.45, 2.75) is 27.7 Å². The Kier molecular flexibility index (Phi) is 4.64. The van der Waals surface area contributed by atoms with Crippen LogP contribution in [0, 0.1) is 27.7 Å². The predicted molar refractivity (Wildman–Crippen MR) is 167 cm³/mol. The highest BCUT2D eigenvalue weighted by Crippen LogP contribution is 2.42. The summed E-state index contributed by atoms with van der Waals surface area (Å²) in [6.07, 6.45) is 5.80. The number of hydrogen-bond donors (Lipinski definition) is 2. The van der Waals surface area contributed by atoms with Gasteiger partial charge >= 0.3 is 0 Å². The maximum atomic E-state index is 5.57. The summed E-state index contributed by atoms with van der Waals surface area (Å²) in [7, 11) is 1.72. The number of H-pyrrole nitrogens is 2. The number of benzene rings is 4. The van der Waals surface area contributed by atoms with Gasteiger partial charge in [0.25, 0.3) is 0 Å². The van der Waals surface area contributed by atoms with Crippen molar-refractivity contribution in [3.05, 3.63) is 89.4 Å². The van der Waals surface area contributed by atoms with Gasteiger partial charge in [-0.2, -0.15) is 0 Å². The van der Waals surface area contributed by atoms with Crippen LogP contribution in [0.1, 0.15) is 22.3 Å². The molecule has 0 unspecified atom stereocenters. The molecule has 4 aromatic carbocycles. The number of hydrogen-bond acceptors (Lipinski definition) is 3. The average molecular weight is 521 g/mol. The lowest BCUT2D eigenvalue weighted by Gasteiger charge is -2.14. The Labute approximate surface area is 230 Å². The molecule has 0 spiro atoms. The van der Waals surface area contributed by atoms with Gasteiger partial charge in [0.15, 0.2) is 0 Å². The van der Waals surface area contributed by atoms with Crippen molar-refractivity contribution < 1.29 is 4.74 Å². The molecule has 0 fully saturated rings. The number of rotatable bonds is 2. The van der Waals surface area contributed by atoms with Gasteiger partial charge in [-0.05, 0) is 103 Å². The molecule has 0 saturated carbocycles. The van der Waals surface area contributed by atoms with E-state index in [1.54, 1.807) is 7.11 Å². The second kappa shape index (κ2) is 8.06. The van der Waals surface area contributed by atoms with Crippen LogP contribution in [-0.4, -0.2) is 27.0 Å². The van der Waals surface area contributed by atoms with Gasteiger partial charge in [0.05, 0.1) is 23.8 Å². The summed E-state index contributed by atoms with van der Waals surface area (Å²) in [5.41, 5.74) is 11.7. The minimum atomic E-state index is 0.857. The van der Waals surface area contributed by atoms with E-state index < -0.39 is 0 Å². The Morgan fingerprint density at radius 2 is 1.27 bits per heavy atom. The fourth-order valence-corrected chi connectivity index (χ4v) is 6.90. The summed E-state index contributed by atoms with van der Waals surface area (Å²) in [6, 6.07) is 17.2. The Morgan fingerprint density at radius 3 is 2.05 bits per heavy atom. The molecule has 194 valence electrons. The molecule has 0 saturated heterocycles. The molecule has 5 nitrogen and oxygen atoms in total. The molecule has 8 rings (SSSR count). The zero-order valence-electron chi connectivity index (χ0n) is 23.2. The first-order chi connectivity index (χ1) is 19.5. The van der Waals surface area contributed by atoms with Crippen LogP contribution in [0.5, 0.6) is 5.75 Å². The quantitative estimate of drug-likeness (QED) is 0.239. The zero-order chi connectivity index (χ0) is 27.3. The second-order valence-electron chi connectivity index (χ2n) is 10.9. The monoisotopic (exact) mass is 520 g/mol. The van der Waals surface area contributed by atoms with Crippen LogP contribution < -0.4 is 4.74 Å². The Bertz CT molecular complexity index is 2360. The molecule has 0 radical (unpaired) electrons. The number of pyridine rings is 2. The molecule has 0 atom stereocenters. The Morgan fingerprint density at radius 1 is 0.600 bits per heavy atom. The standard InChI is InChI=1S/C35H28N4O/c1-17-27-16-36-12-10-23(27)18(2)33-30(17)25-14-21(6-8-28(25)38-33)35-31-20(4)32-26-15-22(40-5)7-9-29(26)39-34(32)19(3)24(31)11-13-37-35/h6-16,38-39H,1-5H3. The van der Waals surface area contributed by atoms with Crippen LogP contribution in [-0.2, 0) is 0 Å². The number of aromatic amines is 2. The molecule has 4 heterocycles. The Balaban J connectivity index is 1.46.